The van der Waals surface area contributed by atoms with Gasteiger partial charge in [0.2, 0.25) is 5.91 Å². The number of benzene rings is 1. The molecule has 1 aromatic heterocycles. The SMILES string of the molecule is CCC(=O)N1c2ccccc2[C@H](Nc2ccc(N)cn2)CC1C. The van der Waals surface area contributed by atoms with Crippen molar-refractivity contribution in [2.24, 2.45) is 0 Å². The zero-order valence-electron chi connectivity index (χ0n) is 13.5. The summed E-state index contributed by atoms with van der Waals surface area (Å²) in [7, 11) is 0. The highest BCUT2D eigenvalue weighted by atomic mass is 16.2. The highest BCUT2D eigenvalue weighted by molar-refractivity contribution is 5.95. The number of nitrogens with two attached hydrogens (primary N) is 1. The smallest absolute Gasteiger partial charge is 0.226 e. The van der Waals surface area contributed by atoms with Gasteiger partial charge in [-0.3, -0.25) is 4.79 Å². The molecule has 5 heteroatoms. The zero-order valence-corrected chi connectivity index (χ0v) is 13.5. The molecule has 2 aromatic rings. The van der Waals surface area contributed by atoms with Gasteiger partial charge in [-0.05, 0) is 37.1 Å². The first-order valence-corrected chi connectivity index (χ1v) is 7.99. The highest BCUT2D eigenvalue weighted by Crippen LogP contribution is 2.38. The summed E-state index contributed by atoms with van der Waals surface area (Å²) in [6.45, 7) is 3.99. The maximum atomic E-state index is 12.3. The number of hydrogen-bond donors (Lipinski definition) is 2. The monoisotopic (exact) mass is 310 g/mol. The first kappa shape index (κ1) is 15.3. The minimum absolute atomic E-state index is 0.123. The number of hydrogen-bond acceptors (Lipinski definition) is 4. The summed E-state index contributed by atoms with van der Waals surface area (Å²) in [6.07, 6.45) is 3.00. The fraction of sp³-hybridized carbons (Fsp3) is 0.333. The van der Waals surface area contributed by atoms with Crippen LogP contribution >= 0.6 is 0 Å². The van der Waals surface area contributed by atoms with E-state index in [1.807, 2.05) is 42.2 Å². The van der Waals surface area contributed by atoms with Crippen molar-refractivity contribution >= 4 is 23.1 Å². The van der Waals surface area contributed by atoms with Crippen molar-refractivity contribution in [2.45, 2.75) is 38.8 Å². The Balaban J connectivity index is 1.93. The van der Waals surface area contributed by atoms with Crippen molar-refractivity contribution in [3.8, 4) is 0 Å². The fourth-order valence-electron chi connectivity index (χ4n) is 3.17. The van der Waals surface area contributed by atoms with E-state index in [9.17, 15) is 4.79 Å². The Bertz CT molecular complexity index is 698. The quantitative estimate of drug-likeness (QED) is 0.912. The van der Waals surface area contributed by atoms with Gasteiger partial charge in [0, 0.05) is 18.2 Å². The van der Waals surface area contributed by atoms with E-state index < -0.39 is 0 Å². The maximum Gasteiger partial charge on any atom is 0.226 e. The Kier molecular flexibility index (Phi) is 4.19. The highest BCUT2D eigenvalue weighted by Gasteiger charge is 2.32. The number of anilines is 3. The van der Waals surface area contributed by atoms with Crippen LogP contribution in [0, 0.1) is 0 Å². The van der Waals surface area contributed by atoms with Gasteiger partial charge in [-0.2, -0.15) is 0 Å². The minimum Gasteiger partial charge on any atom is -0.397 e. The second-order valence-corrected chi connectivity index (χ2v) is 5.93. The number of carbonyl (C=O) groups is 1. The van der Waals surface area contributed by atoms with Gasteiger partial charge in [0.05, 0.1) is 17.9 Å². The summed E-state index contributed by atoms with van der Waals surface area (Å²) in [5.41, 5.74) is 8.46. The van der Waals surface area contributed by atoms with E-state index in [0.29, 0.717) is 12.1 Å². The minimum atomic E-state index is 0.123. The lowest BCUT2D eigenvalue weighted by atomic mass is 9.91. The van der Waals surface area contributed by atoms with E-state index in [1.54, 1.807) is 6.20 Å². The van der Waals surface area contributed by atoms with Crippen LogP contribution in [0.25, 0.3) is 0 Å². The Morgan fingerprint density at radius 2 is 2.13 bits per heavy atom. The Morgan fingerprint density at radius 1 is 1.35 bits per heavy atom. The zero-order chi connectivity index (χ0) is 16.4. The number of nitrogens with one attached hydrogen (secondary N) is 1. The first-order chi connectivity index (χ1) is 11.1. The average Bonchev–Trinajstić information content (AvgIpc) is 2.56. The molecule has 1 aliphatic rings. The molecule has 3 rings (SSSR count). The van der Waals surface area contributed by atoms with E-state index in [1.165, 1.54) is 0 Å². The van der Waals surface area contributed by atoms with Crippen LogP contribution in [-0.2, 0) is 4.79 Å². The summed E-state index contributed by atoms with van der Waals surface area (Å²) in [6, 6.07) is 12.1. The van der Waals surface area contributed by atoms with Crippen molar-refractivity contribution in [1.29, 1.82) is 0 Å². The van der Waals surface area contributed by atoms with Gasteiger partial charge in [-0.25, -0.2) is 4.98 Å². The molecular weight excluding hydrogens is 288 g/mol. The molecule has 0 aliphatic carbocycles. The molecule has 1 amide bonds. The third-order valence-corrected chi connectivity index (χ3v) is 4.27. The van der Waals surface area contributed by atoms with Crippen LogP contribution in [-0.4, -0.2) is 16.9 Å². The Morgan fingerprint density at radius 3 is 2.83 bits per heavy atom. The molecule has 3 N–H and O–H groups in total. The summed E-state index contributed by atoms with van der Waals surface area (Å²) in [4.78, 5) is 18.6. The Labute approximate surface area is 136 Å². The number of amides is 1. The predicted molar refractivity (Wildman–Crippen MR) is 93.3 cm³/mol. The molecule has 0 saturated carbocycles. The van der Waals surface area contributed by atoms with E-state index >= 15 is 0 Å². The molecule has 0 bridgehead atoms. The number of aromatic nitrogens is 1. The standard InChI is InChI=1S/C18H22N4O/c1-3-18(23)22-12(2)10-15(14-6-4-5-7-16(14)22)21-17-9-8-13(19)11-20-17/h4-9,11-12,15H,3,10,19H2,1-2H3,(H,20,21)/t12?,15-/m1/s1. The largest absolute Gasteiger partial charge is 0.397 e. The lowest BCUT2D eigenvalue weighted by Crippen LogP contribution is -2.44. The first-order valence-electron chi connectivity index (χ1n) is 7.99. The summed E-state index contributed by atoms with van der Waals surface area (Å²) < 4.78 is 0. The lowest BCUT2D eigenvalue weighted by molar-refractivity contribution is -0.118. The van der Waals surface area contributed by atoms with Gasteiger partial charge in [0.15, 0.2) is 0 Å². The van der Waals surface area contributed by atoms with E-state index in [-0.39, 0.29) is 18.0 Å². The number of rotatable bonds is 3. The summed E-state index contributed by atoms with van der Waals surface area (Å²) in [5.74, 6) is 0.954. The number of carbonyl (C=O) groups excluding carboxylic acids is 1. The molecule has 1 aliphatic heterocycles. The molecule has 120 valence electrons. The Hall–Kier alpha value is -2.56. The van der Waals surface area contributed by atoms with Crippen molar-refractivity contribution in [3.63, 3.8) is 0 Å². The van der Waals surface area contributed by atoms with Gasteiger partial charge < -0.3 is 16.0 Å². The van der Waals surface area contributed by atoms with Crippen LogP contribution < -0.4 is 16.0 Å². The molecule has 0 radical (unpaired) electrons. The topological polar surface area (TPSA) is 71.2 Å². The van der Waals surface area contributed by atoms with Crippen molar-refractivity contribution in [2.75, 3.05) is 16.0 Å². The molecule has 1 unspecified atom stereocenters. The molecule has 2 atom stereocenters. The third kappa shape index (κ3) is 2.99. The molecule has 0 spiro atoms. The number of para-hydroxylation sites is 1. The molecule has 0 fully saturated rings. The molecule has 0 saturated heterocycles. The molecular formula is C18H22N4O. The number of fused-ring (bicyclic) bond motifs is 1. The van der Waals surface area contributed by atoms with Crippen LogP contribution in [0.15, 0.2) is 42.6 Å². The van der Waals surface area contributed by atoms with Crippen molar-refractivity contribution in [1.82, 2.24) is 4.98 Å². The van der Waals surface area contributed by atoms with Crippen LogP contribution in [0.3, 0.4) is 0 Å². The third-order valence-electron chi connectivity index (χ3n) is 4.27. The molecule has 5 nitrogen and oxygen atoms in total. The number of pyridine rings is 1. The van der Waals surface area contributed by atoms with E-state index in [0.717, 1.165) is 23.5 Å². The number of nitrogens with zero attached hydrogens (tertiary/aromatic N) is 2. The average molecular weight is 310 g/mol. The molecule has 1 aromatic carbocycles. The van der Waals surface area contributed by atoms with Crippen LogP contribution in [0.2, 0.25) is 0 Å². The van der Waals surface area contributed by atoms with Gasteiger partial charge in [-0.15, -0.1) is 0 Å². The van der Waals surface area contributed by atoms with Crippen LogP contribution in [0.1, 0.15) is 38.3 Å². The van der Waals surface area contributed by atoms with Crippen molar-refractivity contribution < 1.29 is 4.79 Å². The van der Waals surface area contributed by atoms with Gasteiger partial charge >= 0.3 is 0 Å². The summed E-state index contributed by atoms with van der Waals surface area (Å²) in [5, 5.41) is 3.47. The predicted octanol–water partition coefficient (Wildman–Crippen LogP) is 3.35. The molecule has 23 heavy (non-hydrogen) atoms. The lowest BCUT2D eigenvalue weighted by Gasteiger charge is -2.39. The van der Waals surface area contributed by atoms with Gasteiger partial charge in [-0.1, -0.05) is 25.1 Å². The van der Waals surface area contributed by atoms with Crippen molar-refractivity contribution in [3.05, 3.63) is 48.2 Å². The normalized spacial score (nSPS) is 20.0. The van der Waals surface area contributed by atoms with E-state index in [2.05, 4.69) is 23.3 Å². The second kappa shape index (κ2) is 6.28. The van der Waals surface area contributed by atoms with Crippen LogP contribution in [0.5, 0.6) is 0 Å². The van der Waals surface area contributed by atoms with Crippen LogP contribution in [0.4, 0.5) is 17.2 Å². The second-order valence-electron chi connectivity index (χ2n) is 5.93. The van der Waals surface area contributed by atoms with E-state index in [4.69, 9.17) is 5.73 Å². The summed E-state index contributed by atoms with van der Waals surface area (Å²) >= 11 is 0. The van der Waals surface area contributed by atoms with Gasteiger partial charge in [0.25, 0.3) is 0 Å². The number of nitrogen functional groups attached to an aromatic ring is 1. The fourth-order valence-corrected chi connectivity index (χ4v) is 3.17. The maximum absolute atomic E-state index is 12.3. The molecule has 2 heterocycles. The van der Waals surface area contributed by atoms with Gasteiger partial charge in [0.1, 0.15) is 5.82 Å².